The van der Waals surface area contributed by atoms with Crippen LogP contribution in [0.3, 0.4) is 0 Å². The second-order valence-corrected chi connectivity index (χ2v) is 10.9. The summed E-state index contributed by atoms with van der Waals surface area (Å²) in [6, 6.07) is 8.12. The summed E-state index contributed by atoms with van der Waals surface area (Å²) in [5, 5.41) is 0. The van der Waals surface area contributed by atoms with E-state index in [0.717, 1.165) is 31.5 Å². The van der Waals surface area contributed by atoms with Gasteiger partial charge in [0.25, 0.3) is 0 Å². The molecule has 0 spiro atoms. The normalized spacial score (nSPS) is 28.9. The Labute approximate surface area is 212 Å². The SMILES string of the molecule is COP(=O)(O)O[C@H]1O[C@@H](n2cnc3c(-c4cccc(N5CCOCC5)c4)ncnc32)[C@@H]2OC(C)(C)O[C@@H]12. The van der Waals surface area contributed by atoms with Crippen molar-refractivity contribution in [3.05, 3.63) is 36.9 Å². The Hall–Kier alpha value is -2.48. The molecule has 0 amide bonds. The number of phosphoric ester groups is 1. The third-order valence-corrected chi connectivity index (χ3v) is 7.52. The number of rotatable bonds is 6. The van der Waals surface area contributed by atoms with Crippen molar-refractivity contribution in [2.24, 2.45) is 0 Å². The van der Waals surface area contributed by atoms with E-state index in [0.29, 0.717) is 30.1 Å². The van der Waals surface area contributed by atoms with Gasteiger partial charge in [0.1, 0.15) is 29.7 Å². The standard InChI is InChI=1S/C23H28N5O8P/c1-23(2)34-18-19(35-23)22(36-37(29,30)31-3)33-21(18)28-13-26-17-16(24-12-25-20(17)28)14-5-4-6-15(11-14)27-7-9-32-10-8-27/h4-6,11-13,18-19,21-22H,7-10H2,1-3H3,(H,29,30)/t18-,19-,21-,22-/m1/s1. The van der Waals surface area contributed by atoms with Crippen molar-refractivity contribution in [2.75, 3.05) is 38.3 Å². The molecule has 3 aliphatic heterocycles. The van der Waals surface area contributed by atoms with Crippen molar-refractivity contribution in [1.82, 2.24) is 19.5 Å². The summed E-state index contributed by atoms with van der Waals surface area (Å²) >= 11 is 0. The first-order valence-corrected chi connectivity index (χ1v) is 13.4. The zero-order valence-electron chi connectivity index (χ0n) is 20.6. The van der Waals surface area contributed by atoms with Crippen molar-refractivity contribution in [3.63, 3.8) is 0 Å². The first-order valence-electron chi connectivity index (χ1n) is 11.9. The number of nitrogens with zero attached hydrogens (tertiary/aromatic N) is 5. The highest BCUT2D eigenvalue weighted by atomic mass is 31.2. The predicted octanol–water partition coefficient (Wildman–Crippen LogP) is 2.47. The molecule has 14 heteroatoms. The lowest BCUT2D eigenvalue weighted by Gasteiger charge is -2.29. The number of anilines is 1. The third-order valence-electron chi connectivity index (χ3n) is 6.58. The molecule has 6 rings (SSSR count). The van der Waals surface area contributed by atoms with Gasteiger partial charge in [0.15, 0.2) is 17.7 Å². The lowest BCUT2D eigenvalue weighted by Crippen LogP contribution is -2.36. The van der Waals surface area contributed by atoms with E-state index in [1.165, 1.54) is 6.33 Å². The molecule has 0 bridgehead atoms. The molecule has 1 N–H and O–H groups in total. The highest BCUT2D eigenvalue weighted by molar-refractivity contribution is 7.47. The van der Waals surface area contributed by atoms with Crippen LogP contribution in [-0.2, 0) is 32.6 Å². The van der Waals surface area contributed by atoms with Gasteiger partial charge in [0, 0.05) is 31.5 Å². The number of hydrogen-bond donors (Lipinski definition) is 1. The van der Waals surface area contributed by atoms with Gasteiger partial charge < -0.3 is 28.7 Å². The largest absolute Gasteiger partial charge is 0.474 e. The lowest BCUT2D eigenvalue weighted by atomic mass is 10.1. The minimum absolute atomic E-state index is 0.512. The maximum atomic E-state index is 12.1. The molecule has 5 atom stereocenters. The number of benzene rings is 1. The maximum Gasteiger partial charge on any atom is 0.474 e. The fourth-order valence-corrected chi connectivity index (χ4v) is 5.46. The van der Waals surface area contributed by atoms with Gasteiger partial charge in [-0.15, -0.1) is 0 Å². The van der Waals surface area contributed by atoms with Gasteiger partial charge >= 0.3 is 7.82 Å². The van der Waals surface area contributed by atoms with Crippen LogP contribution in [0.2, 0.25) is 0 Å². The van der Waals surface area contributed by atoms with Crippen molar-refractivity contribution in [1.29, 1.82) is 0 Å². The van der Waals surface area contributed by atoms with Crippen LogP contribution in [0.1, 0.15) is 20.1 Å². The van der Waals surface area contributed by atoms with E-state index in [4.69, 9.17) is 23.5 Å². The molecule has 0 saturated carbocycles. The molecule has 198 valence electrons. The van der Waals surface area contributed by atoms with Crippen molar-refractivity contribution in [3.8, 4) is 11.3 Å². The molecule has 13 nitrogen and oxygen atoms in total. The fraction of sp³-hybridized carbons (Fsp3) is 0.522. The molecule has 3 aliphatic rings. The Bertz CT molecular complexity index is 1350. The van der Waals surface area contributed by atoms with Gasteiger partial charge in [0.05, 0.1) is 19.5 Å². The maximum absolute atomic E-state index is 12.1. The third kappa shape index (κ3) is 4.66. The molecule has 1 aromatic carbocycles. The molecular weight excluding hydrogens is 505 g/mol. The Balaban J connectivity index is 1.35. The first kappa shape index (κ1) is 24.8. The summed E-state index contributed by atoms with van der Waals surface area (Å²) in [6.45, 7) is 6.54. The van der Waals surface area contributed by atoms with E-state index in [1.54, 1.807) is 24.7 Å². The summed E-state index contributed by atoms with van der Waals surface area (Å²) < 4.78 is 47.2. The number of imidazole rings is 1. The Morgan fingerprint density at radius 2 is 1.92 bits per heavy atom. The summed E-state index contributed by atoms with van der Waals surface area (Å²) in [4.78, 5) is 25.8. The number of ether oxygens (including phenoxy) is 4. The van der Waals surface area contributed by atoms with Gasteiger partial charge in [-0.2, -0.15) is 0 Å². The van der Waals surface area contributed by atoms with Crippen LogP contribution in [0, 0.1) is 0 Å². The van der Waals surface area contributed by atoms with Gasteiger partial charge in [-0.05, 0) is 26.0 Å². The van der Waals surface area contributed by atoms with E-state index in [9.17, 15) is 9.46 Å². The minimum Gasteiger partial charge on any atom is -0.378 e. The summed E-state index contributed by atoms with van der Waals surface area (Å²) in [6.07, 6.45) is -0.377. The number of aromatic nitrogens is 4. The molecule has 37 heavy (non-hydrogen) atoms. The number of morpholine rings is 1. The Morgan fingerprint density at radius 1 is 1.14 bits per heavy atom. The molecular formula is C23H28N5O8P. The highest BCUT2D eigenvalue weighted by Gasteiger charge is 2.58. The van der Waals surface area contributed by atoms with Crippen LogP contribution >= 0.6 is 7.82 Å². The van der Waals surface area contributed by atoms with Crippen LogP contribution < -0.4 is 4.90 Å². The van der Waals surface area contributed by atoms with E-state index in [-0.39, 0.29) is 0 Å². The molecule has 3 fully saturated rings. The van der Waals surface area contributed by atoms with E-state index >= 15 is 0 Å². The number of fused-ring (bicyclic) bond motifs is 2. The average Bonchev–Trinajstić information content (AvgIpc) is 3.55. The quantitative estimate of drug-likeness (QED) is 0.466. The average molecular weight is 533 g/mol. The van der Waals surface area contributed by atoms with Crippen LogP contribution in [0.25, 0.3) is 22.4 Å². The number of phosphoric acid groups is 1. The Kier molecular flexibility index (Phi) is 6.29. The second kappa shape index (κ2) is 9.37. The van der Waals surface area contributed by atoms with Crippen molar-refractivity contribution >= 4 is 24.7 Å². The summed E-state index contributed by atoms with van der Waals surface area (Å²) in [7, 11) is -3.27. The minimum atomic E-state index is -4.35. The number of hydrogen-bond acceptors (Lipinski definition) is 11. The van der Waals surface area contributed by atoms with Crippen molar-refractivity contribution < 1.29 is 37.5 Å². The predicted molar refractivity (Wildman–Crippen MR) is 129 cm³/mol. The summed E-state index contributed by atoms with van der Waals surface area (Å²) in [5.74, 6) is -0.956. The molecule has 5 heterocycles. The highest BCUT2D eigenvalue weighted by Crippen LogP contribution is 2.51. The van der Waals surface area contributed by atoms with E-state index in [2.05, 4.69) is 36.5 Å². The topological polar surface area (TPSA) is 140 Å². The van der Waals surface area contributed by atoms with E-state index < -0.39 is 38.3 Å². The smallest absolute Gasteiger partial charge is 0.378 e. The molecule has 0 aliphatic carbocycles. The van der Waals surface area contributed by atoms with Gasteiger partial charge in [-0.25, -0.2) is 19.5 Å². The van der Waals surface area contributed by atoms with Gasteiger partial charge in [0.2, 0.25) is 6.29 Å². The Morgan fingerprint density at radius 3 is 2.70 bits per heavy atom. The zero-order valence-corrected chi connectivity index (χ0v) is 21.5. The van der Waals surface area contributed by atoms with Crippen LogP contribution in [0.5, 0.6) is 0 Å². The van der Waals surface area contributed by atoms with Crippen molar-refractivity contribution in [2.45, 2.75) is 44.4 Å². The van der Waals surface area contributed by atoms with Crippen LogP contribution in [0.4, 0.5) is 5.69 Å². The summed E-state index contributed by atoms with van der Waals surface area (Å²) in [5.41, 5.74) is 3.74. The van der Waals surface area contributed by atoms with E-state index in [1.807, 2.05) is 12.1 Å². The zero-order chi connectivity index (χ0) is 25.8. The first-order chi connectivity index (χ1) is 17.7. The molecule has 1 unspecified atom stereocenters. The van der Waals surface area contributed by atoms with Gasteiger partial charge in [-0.3, -0.25) is 13.6 Å². The monoisotopic (exact) mass is 533 g/mol. The lowest BCUT2D eigenvalue weighted by molar-refractivity contribution is -0.227. The molecule has 3 aromatic rings. The molecule has 3 saturated heterocycles. The van der Waals surface area contributed by atoms with Crippen LogP contribution in [0.15, 0.2) is 36.9 Å². The molecule has 2 aromatic heterocycles. The fourth-order valence-electron chi connectivity index (χ4n) is 4.94. The van der Waals surface area contributed by atoms with Crippen LogP contribution in [-0.4, -0.2) is 82.1 Å². The second-order valence-electron chi connectivity index (χ2n) is 9.41. The molecule has 0 radical (unpaired) electrons. The van der Waals surface area contributed by atoms with Gasteiger partial charge in [-0.1, -0.05) is 12.1 Å².